The van der Waals surface area contributed by atoms with Crippen LogP contribution in [0.5, 0.6) is 0 Å². The number of fused-ring (bicyclic) bond motifs is 1. The number of thioether (sulfide) groups is 1. The Hall–Kier alpha value is -2.39. The number of rotatable bonds is 3. The molecule has 0 spiro atoms. The Balaban J connectivity index is 1.58. The summed E-state index contributed by atoms with van der Waals surface area (Å²) in [5.41, 5.74) is -0.161. The predicted octanol–water partition coefficient (Wildman–Crippen LogP) is 4.74. The van der Waals surface area contributed by atoms with Crippen molar-refractivity contribution in [2.45, 2.75) is 22.2 Å². The molecule has 1 saturated heterocycles. The van der Waals surface area contributed by atoms with Gasteiger partial charge in [0.2, 0.25) is 11.8 Å². The Labute approximate surface area is 160 Å². The van der Waals surface area contributed by atoms with Gasteiger partial charge in [-0.15, -0.1) is 11.3 Å². The first kappa shape index (κ1) is 18.0. The molecule has 2 amide bonds. The number of benzene rings is 2. The summed E-state index contributed by atoms with van der Waals surface area (Å²) in [6.45, 7) is 0. The third-order valence-corrected chi connectivity index (χ3v) is 6.37. The van der Waals surface area contributed by atoms with Gasteiger partial charge >= 0.3 is 6.18 Å². The van der Waals surface area contributed by atoms with Crippen LogP contribution in [-0.2, 0) is 15.8 Å². The smallest absolute Gasteiger partial charge is 0.274 e. The molecule has 27 heavy (non-hydrogen) atoms. The molecule has 1 aliphatic heterocycles. The lowest BCUT2D eigenvalue weighted by Crippen LogP contribution is -2.31. The van der Waals surface area contributed by atoms with Gasteiger partial charge < -0.3 is 0 Å². The molecule has 4 nitrogen and oxygen atoms in total. The quantitative estimate of drug-likeness (QED) is 0.588. The van der Waals surface area contributed by atoms with E-state index in [1.54, 1.807) is 0 Å². The molecule has 0 bridgehead atoms. The first-order chi connectivity index (χ1) is 12.8. The highest BCUT2D eigenvalue weighted by Gasteiger charge is 2.41. The van der Waals surface area contributed by atoms with Gasteiger partial charge in [0.15, 0.2) is 4.34 Å². The molecule has 1 aromatic heterocycles. The topological polar surface area (TPSA) is 50.3 Å². The fraction of sp³-hybridized carbons (Fsp3) is 0.167. The standard InChI is InChI=1S/C18H11F3N2O2S2/c19-18(20,21)10-4-3-5-11(8-10)23-15(24)9-14(16(23)25)27-17-22-12-6-1-2-7-13(12)26-17/h1-8,14H,9H2/t14-/m1/s1. The molecule has 2 heterocycles. The van der Waals surface area contributed by atoms with Gasteiger partial charge in [0.25, 0.3) is 0 Å². The number of anilines is 1. The number of carbonyl (C=O) groups excluding carboxylic acids is 2. The van der Waals surface area contributed by atoms with Gasteiger partial charge in [-0.1, -0.05) is 30.0 Å². The minimum atomic E-state index is -4.54. The maximum atomic E-state index is 12.9. The van der Waals surface area contributed by atoms with E-state index in [-0.39, 0.29) is 12.1 Å². The molecule has 4 rings (SSSR count). The van der Waals surface area contributed by atoms with Crippen molar-refractivity contribution in [1.29, 1.82) is 0 Å². The molecule has 0 unspecified atom stereocenters. The molecule has 2 aromatic carbocycles. The molecule has 138 valence electrons. The lowest BCUT2D eigenvalue weighted by Gasteiger charge is -2.16. The molecular formula is C18H11F3N2O2S2. The Kier molecular flexibility index (Phi) is 4.43. The van der Waals surface area contributed by atoms with Crippen molar-refractivity contribution in [3.05, 3.63) is 54.1 Å². The van der Waals surface area contributed by atoms with Crippen LogP contribution in [0.3, 0.4) is 0 Å². The van der Waals surface area contributed by atoms with Gasteiger partial charge in [-0.3, -0.25) is 9.59 Å². The zero-order valence-electron chi connectivity index (χ0n) is 13.6. The number of thiazole rings is 1. The number of amides is 2. The van der Waals surface area contributed by atoms with Gasteiger partial charge in [-0.25, -0.2) is 9.88 Å². The SMILES string of the molecule is O=C1C[C@@H](Sc2nc3ccccc3s2)C(=O)N1c1cccc(C(F)(F)F)c1. The minimum absolute atomic E-state index is 0.0628. The van der Waals surface area contributed by atoms with Crippen LogP contribution in [0.25, 0.3) is 10.2 Å². The number of aromatic nitrogens is 1. The van der Waals surface area contributed by atoms with E-state index in [1.165, 1.54) is 35.2 Å². The highest BCUT2D eigenvalue weighted by atomic mass is 32.2. The van der Waals surface area contributed by atoms with E-state index in [4.69, 9.17) is 0 Å². The molecule has 1 aliphatic rings. The van der Waals surface area contributed by atoms with Crippen LogP contribution >= 0.6 is 23.1 Å². The summed E-state index contributed by atoms with van der Waals surface area (Å²) in [5.74, 6) is -1.04. The molecule has 1 atom stereocenters. The Morgan fingerprint density at radius 1 is 1.11 bits per heavy atom. The minimum Gasteiger partial charge on any atom is -0.274 e. The van der Waals surface area contributed by atoms with Gasteiger partial charge in [0.1, 0.15) is 5.25 Å². The molecule has 1 fully saturated rings. The number of halogens is 3. The monoisotopic (exact) mass is 408 g/mol. The lowest BCUT2D eigenvalue weighted by atomic mass is 10.2. The summed E-state index contributed by atoms with van der Waals surface area (Å²) < 4.78 is 40.4. The molecule has 0 saturated carbocycles. The maximum Gasteiger partial charge on any atom is 0.416 e. The third kappa shape index (κ3) is 3.44. The number of carbonyl (C=O) groups is 2. The largest absolute Gasteiger partial charge is 0.416 e. The number of nitrogens with zero attached hydrogens (tertiary/aromatic N) is 2. The second-order valence-corrected chi connectivity index (χ2v) is 8.35. The van der Waals surface area contributed by atoms with Gasteiger partial charge in [-0.2, -0.15) is 13.2 Å². The van der Waals surface area contributed by atoms with Crippen molar-refractivity contribution in [2.75, 3.05) is 4.90 Å². The van der Waals surface area contributed by atoms with E-state index in [0.717, 1.165) is 27.2 Å². The fourth-order valence-corrected chi connectivity index (χ4v) is 5.15. The number of para-hydroxylation sites is 1. The van der Waals surface area contributed by atoms with E-state index in [2.05, 4.69) is 4.98 Å². The maximum absolute atomic E-state index is 12.9. The van der Waals surface area contributed by atoms with Crippen LogP contribution in [0.2, 0.25) is 0 Å². The summed E-state index contributed by atoms with van der Waals surface area (Å²) >= 11 is 2.58. The number of alkyl halides is 3. The van der Waals surface area contributed by atoms with Crippen LogP contribution in [0.15, 0.2) is 52.9 Å². The van der Waals surface area contributed by atoms with Crippen molar-refractivity contribution < 1.29 is 22.8 Å². The van der Waals surface area contributed by atoms with Crippen molar-refractivity contribution in [1.82, 2.24) is 4.98 Å². The zero-order valence-corrected chi connectivity index (χ0v) is 15.2. The summed E-state index contributed by atoms with van der Waals surface area (Å²) in [5, 5.41) is -0.701. The van der Waals surface area contributed by atoms with Crippen LogP contribution in [0.4, 0.5) is 18.9 Å². The number of imide groups is 1. The first-order valence-electron chi connectivity index (χ1n) is 7.89. The van der Waals surface area contributed by atoms with E-state index >= 15 is 0 Å². The molecule has 0 aliphatic carbocycles. The van der Waals surface area contributed by atoms with Crippen LogP contribution in [0.1, 0.15) is 12.0 Å². The van der Waals surface area contributed by atoms with Gasteiger partial charge in [0.05, 0.1) is 21.5 Å². The molecular weight excluding hydrogens is 397 g/mol. The van der Waals surface area contributed by atoms with Gasteiger partial charge in [0, 0.05) is 6.42 Å². The first-order valence-corrected chi connectivity index (χ1v) is 9.59. The Morgan fingerprint density at radius 3 is 2.63 bits per heavy atom. The summed E-state index contributed by atoms with van der Waals surface area (Å²) in [6, 6.07) is 11.7. The normalized spacial score (nSPS) is 17.9. The molecule has 9 heteroatoms. The summed E-state index contributed by atoms with van der Waals surface area (Å²) in [4.78, 5) is 30.3. The van der Waals surface area contributed by atoms with Crippen LogP contribution in [-0.4, -0.2) is 22.0 Å². The van der Waals surface area contributed by atoms with Crippen LogP contribution in [0, 0.1) is 0 Å². The van der Waals surface area contributed by atoms with E-state index in [0.29, 0.717) is 4.34 Å². The van der Waals surface area contributed by atoms with Crippen molar-refractivity contribution >= 4 is 50.8 Å². The summed E-state index contributed by atoms with van der Waals surface area (Å²) in [7, 11) is 0. The highest BCUT2D eigenvalue weighted by Crippen LogP contribution is 2.38. The predicted molar refractivity (Wildman–Crippen MR) is 97.8 cm³/mol. The molecule has 3 aromatic rings. The van der Waals surface area contributed by atoms with E-state index < -0.39 is 28.8 Å². The second-order valence-electron chi connectivity index (χ2n) is 5.87. The third-order valence-electron chi connectivity index (χ3n) is 4.05. The molecule has 0 radical (unpaired) electrons. The number of hydrogen-bond donors (Lipinski definition) is 0. The Morgan fingerprint density at radius 2 is 1.89 bits per heavy atom. The van der Waals surface area contributed by atoms with Crippen LogP contribution < -0.4 is 4.90 Å². The summed E-state index contributed by atoms with van der Waals surface area (Å²) in [6.07, 6.45) is -4.62. The second kappa shape index (κ2) is 6.65. The van der Waals surface area contributed by atoms with Crippen molar-refractivity contribution in [3.63, 3.8) is 0 Å². The fourth-order valence-electron chi connectivity index (χ4n) is 2.81. The Bertz CT molecular complexity index is 1020. The lowest BCUT2D eigenvalue weighted by molar-refractivity contribution is -0.137. The van der Waals surface area contributed by atoms with E-state index in [1.807, 2.05) is 24.3 Å². The zero-order chi connectivity index (χ0) is 19.2. The molecule has 0 N–H and O–H groups in total. The van der Waals surface area contributed by atoms with Crippen molar-refractivity contribution in [2.24, 2.45) is 0 Å². The van der Waals surface area contributed by atoms with Crippen molar-refractivity contribution in [3.8, 4) is 0 Å². The average molecular weight is 408 g/mol. The average Bonchev–Trinajstić information content (AvgIpc) is 3.14. The highest BCUT2D eigenvalue weighted by molar-refractivity contribution is 8.02. The van der Waals surface area contributed by atoms with E-state index in [9.17, 15) is 22.8 Å². The van der Waals surface area contributed by atoms with Gasteiger partial charge in [-0.05, 0) is 30.3 Å². The number of hydrogen-bond acceptors (Lipinski definition) is 5.